The predicted octanol–water partition coefficient (Wildman–Crippen LogP) is 2.17. The van der Waals surface area contributed by atoms with Crippen molar-refractivity contribution in [3.8, 4) is 5.75 Å². The first-order valence-electron chi connectivity index (χ1n) is 7.34. The van der Waals surface area contributed by atoms with Gasteiger partial charge in [-0.3, -0.25) is 4.79 Å². The van der Waals surface area contributed by atoms with Gasteiger partial charge in [0, 0.05) is 25.2 Å². The van der Waals surface area contributed by atoms with E-state index in [1.807, 2.05) is 38.2 Å². The van der Waals surface area contributed by atoms with E-state index in [-0.39, 0.29) is 17.9 Å². The first-order valence-corrected chi connectivity index (χ1v) is 7.34. The van der Waals surface area contributed by atoms with Crippen molar-refractivity contribution in [2.45, 2.75) is 38.8 Å². The van der Waals surface area contributed by atoms with Gasteiger partial charge in [0.05, 0.1) is 12.5 Å². The average Bonchev–Trinajstić information content (AvgIpc) is 2.86. The molecule has 2 rings (SSSR count). The zero-order chi connectivity index (χ0) is 14.5. The SMILES string of the molecule is CCOc1ccccc1CN(C)C(=O)[C@@H]1CCC[C@H]1N. The Kier molecular flexibility index (Phi) is 5.01. The minimum absolute atomic E-state index is 0.0146. The fourth-order valence-electron chi connectivity index (χ4n) is 2.84. The van der Waals surface area contributed by atoms with E-state index in [0.29, 0.717) is 13.2 Å². The first-order chi connectivity index (χ1) is 9.63. The highest BCUT2D eigenvalue weighted by atomic mass is 16.5. The minimum atomic E-state index is -0.0146. The van der Waals surface area contributed by atoms with Gasteiger partial charge in [0.25, 0.3) is 0 Å². The van der Waals surface area contributed by atoms with Crippen LogP contribution in [0.4, 0.5) is 0 Å². The molecule has 1 aromatic rings. The fraction of sp³-hybridized carbons (Fsp3) is 0.562. The second kappa shape index (κ2) is 6.75. The second-order valence-electron chi connectivity index (χ2n) is 5.44. The summed E-state index contributed by atoms with van der Waals surface area (Å²) in [6.07, 6.45) is 2.93. The van der Waals surface area contributed by atoms with E-state index in [0.717, 1.165) is 30.6 Å². The third-order valence-electron chi connectivity index (χ3n) is 3.94. The number of nitrogens with zero attached hydrogens (tertiary/aromatic N) is 1. The molecule has 4 nitrogen and oxygen atoms in total. The maximum Gasteiger partial charge on any atom is 0.227 e. The van der Waals surface area contributed by atoms with Gasteiger partial charge in [-0.05, 0) is 25.8 Å². The van der Waals surface area contributed by atoms with Crippen molar-refractivity contribution in [1.29, 1.82) is 0 Å². The number of amides is 1. The summed E-state index contributed by atoms with van der Waals surface area (Å²) in [5, 5.41) is 0. The van der Waals surface area contributed by atoms with E-state index in [1.54, 1.807) is 4.90 Å². The Hall–Kier alpha value is -1.55. The van der Waals surface area contributed by atoms with E-state index in [4.69, 9.17) is 10.5 Å². The van der Waals surface area contributed by atoms with Crippen molar-refractivity contribution in [3.05, 3.63) is 29.8 Å². The lowest BCUT2D eigenvalue weighted by Crippen LogP contribution is -2.39. The van der Waals surface area contributed by atoms with Crippen LogP contribution in [-0.4, -0.2) is 30.5 Å². The molecule has 2 atom stereocenters. The van der Waals surface area contributed by atoms with Crippen LogP contribution in [0.1, 0.15) is 31.7 Å². The summed E-state index contributed by atoms with van der Waals surface area (Å²) < 4.78 is 5.60. The lowest BCUT2D eigenvalue weighted by atomic mass is 10.0. The highest BCUT2D eigenvalue weighted by molar-refractivity contribution is 5.79. The number of hydrogen-bond acceptors (Lipinski definition) is 3. The van der Waals surface area contributed by atoms with Crippen LogP contribution in [0.25, 0.3) is 0 Å². The highest BCUT2D eigenvalue weighted by Gasteiger charge is 2.32. The Morgan fingerprint density at radius 1 is 1.40 bits per heavy atom. The Labute approximate surface area is 120 Å². The van der Waals surface area contributed by atoms with Gasteiger partial charge in [0.2, 0.25) is 5.91 Å². The van der Waals surface area contributed by atoms with Crippen molar-refractivity contribution in [2.75, 3.05) is 13.7 Å². The third kappa shape index (κ3) is 3.31. The molecule has 0 aliphatic heterocycles. The fourth-order valence-corrected chi connectivity index (χ4v) is 2.84. The summed E-state index contributed by atoms with van der Waals surface area (Å²) in [6, 6.07) is 7.88. The van der Waals surface area contributed by atoms with E-state index in [9.17, 15) is 4.79 Å². The summed E-state index contributed by atoms with van der Waals surface area (Å²) in [7, 11) is 1.84. The van der Waals surface area contributed by atoms with Crippen molar-refractivity contribution in [2.24, 2.45) is 11.7 Å². The number of nitrogens with two attached hydrogens (primary N) is 1. The lowest BCUT2D eigenvalue weighted by molar-refractivity contribution is -0.134. The van der Waals surface area contributed by atoms with Gasteiger partial charge in [-0.25, -0.2) is 0 Å². The maximum atomic E-state index is 12.4. The Morgan fingerprint density at radius 3 is 2.80 bits per heavy atom. The molecule has 4 heteroatoms. The monoisotopic (exact) mass is 276 g/mol. The van der Waals surface area contributed by atoms with Gasteiger partial charge >= 0.3 is 0 Å². The molecule has 0 spiro atoms. The van der Waals surface area contributed by atoms with Crippen LogP contribution in [0.2, 0.25) is 0 Å². The lowest BCUT2D eigenvalue weighted by Gasteiger charge is -2.24. The van der Waals surface area contributed by atoms with Gasteiger partial charge in [-0.2, -0.15) is 0 Å². The molecule has 1 aliphatic carbocycles. The first kappa shape index (κ1) is 14.9. The number of benzene rings is 1. The second-order valence-corrected chi connectivity index (χ2v) is 5.44. The smallest absolute Gasteiger partial charge is 0.227 e. The van der Waals surface area contributed by atoms with Crippen LogP contribution in [0.15, 0.2) is 24.3 Å². The predicted molar refractivity (Wildman–Crippen MR) is 79.4 cm³/mol. The van der Waals surface area contributed by atoms with E-state index in [2.05, 4.69) is 0 Å². The molecular weight excluding hydrogens is 252 g/mol. The molecule has 1 aromatic carbocycles. The normalized spacial score (nSPS) is 21.8. The van der Waals surface area contributed by atoms with E-state index in [1.165, 1.54) is 0 Å². The van der Waals surface area contributed by atoms with Crippen LogP contribution in [0, 0.1) is 5.92 Å². The van der Waals surface area contributed by atoms with Gasteiger partial charge < -0.3 is 15.4 Å². The van der Waals surface area contributed by atoms with E-state index < -0.39 is 0 Å². The number of ether oxygens (including phenoxy) is 1. The topological polar surface area (TPSA) is 55.6 Å². The quantitative estimate of drug-likeness (QED) is 0.896. The third-order valence-corrected chi connectivity index (χ3v) is 3.94. The van der Waals surface area contributed by atoms with E-state index >= 15 is 0 Å². The molecule has 1 aliphatic rings. The molecule has 1 fully saturated rings. The van der Waals surface area contributed by atoms with Gasteiger partial charge in [0.1, 0.15) is 5.75 Å². The Balaban J connectivity index is 2.03. The molecule has 0 heterocycles. The minimum Gasteiger partial charge on any atom is -0.494 e. The maximum absolute atomic E-state index is 12.4. The summed E-state index contributed by atoms with van der Waals surface area (Å²) >= 11 is 0. The molecule has 0 bridgehead atoms. The molecule has 0 unspecified atom stereocenters. The Morgan fingerprint density at radius 2 is 2.15 bits per heavy atom. The molecular formula is C16H24N2O2. The van der Waals surface area contributed by atoms with Crippen LogP contribution in [0.5, 0.6) is 5.75 Å². The molecule has 0 saturated heterocycles. The van der Waals surface area contributed by atoms with Crippen molar-refractivity contribution < 1.29 is 9.53 Å². The summed E-state index contributed by atoms with van der Waals surface area (Å²) in [6.45, 7) is 3.16. The summed E-state index contributed by atoms with van der Waals surface area (Å²) in [5.41, 5.74) is 7.06. The average molecular weight is 276 g/mol. The summed E-state index contributed by atoms with van der Waals surface area (Å²) in [4.78, 5) is 14.2. The number of para-hydroxylation sites is 1. The molecule has 0 radical (unpaired) electrons. The molecule has 0 aromatic heterocycles. The number of carbonyl (C=O) groups is 1. The van der Waals surface area contributed by atoms with Crippen molar-refractivity contribution >= 4 is 5.91 Å². The molecule has 20 heavy (non-hydrogen) atoms. The molecule has 1 amide bonds. The zero-order valence-corrected chi connectivity index (χ0v) is 12.3. The zero-order valence-electron chi connectivity index (χ0n) is 12.3. The van der Waals surface area contributed by atoms with Gasteiger partial charge in [-0.1, -0.05) is 24.6 Å². The highest BCUT2D eigenvalue weighted by Crippen LogP contribution is 2.27. The van der Waals surface area contributed by atoms with Crippen LogP contribution in [0.3, 0.4) is 0 Å². The number of hydrogen-bond donors (Lipinski definition) is 1. The van der Waals surface area contributed by atoms with Gasteiger partial charge in [0.15, 0.2) is 0 Å². The van der Waals surface area contributed by atoms with Crippen molar-refractivity contribution in [1.82, 2.24) is 4.90 Å². The van der Waals surface area contributed by atoms with Crippen LogP contribution in [-0.2, 0) is 11.3 Å². The number of carbonyl (C=O) groups excluding carboxylic acids is 1. The van der Waals surface area contributed by atoms with Crippen LogP contribution < -0.4 is 10.5 Å². The molecule has 110 valence electrons. The standard InChI is InChI=1S/C16H24N2O2/c1-3-20-15-10-5-4-7-12(15)11-18(2)16(19)13-8-6-9-14(13)17/h4-5,7,10,13-14H,3,6,8-9,11,17H2,1-2H3/t13-,14-/m1/s1. The molecule has 1 saturated carbocycles. The van der Waals surface area contributed by atoms with Crippen LogP contribution >= 0.6 is 0 Å². The summed E-state index contributed by atoms with van der Waals surface area (Å²) in [5.74, 6) is 0.992. The number of rotatable bonds is 5. The van der Waals surface area contributed by atoms with Gasteiger partial charge in [-0.15, -0.1) is 0 Å². The molecule has 2 N–H and O–H groups in total. The largest absolute Gasteiger partial charge is 0.494 e. The van der Waals surface area contributed by atoms with Crippen molar-refractivity contribution in [3.63, 3.8) is 0 Å². The Bertz CT molecular complexity index is 462.